The van der Waals surface area contributed by atoms with Gasteiger partial charge in [0.15, 0.2) is 6.61 Å². The number of hydrogen-bond acceptors (Lipinski definition) is 6. The lowest BCUT2D eigenvalue weighted by Gasteiger charge is -2.18. The molecule has 7 nitrogen and oxygen atoms in total. The third-order valence-corrected chi connectivity index (χ3v) is 5.70. The molecule has 0 spiro atoms. The molecule has 0 aliphatic heterocycles. The summed E-state index contributed by atoms with van der Waals surface area (Å²) < 4.78 is 4.98. The van der Waals surface area contributed by atoms with Crippen molar-refractivity contribution in [3.63, 3.8) is 0 Å². The first-order valence-corrected chi connectivity index (χ1v) is 9.57. The lowest BCUT2D eigenvalue weighted by Crippen LogP contribution is -2.23. The average molecular weight is 408 g/mol. The Bertz CT molecular complexity index is 895. The van der Waals surface area contributed by atoms with Gasteiger partial charge in [-0.1, -0.05) is 18.5 Å². The van der Waals surface area contributed by atoms with Crippen LogP contribution < -0.4 is 11.1 Å². The number of amides is 2. The molecule has 3 rings (SSSR count). The molecule has 0 fully saturated rings. The minimum absolute atomic E-state index is 0.186. The van der Waals surface area contributed by atoms with Gasteiger partial charge in [-0.3, -0.25) is 9.59 Å². The minimum atomic E-state index is -0.691. The molecule has 1 aliphatic rings. The maximum Gasteiger partial charge on any atom is 0.340 e. The number of esters is 1. The minimum Gasteiger partial charge on any atom is -0.452 e. The summed E-state index contributed by atoms with van der Waals surface area (Å²) >= 11 is 7.02. The molecule has 0 bridgehead atoms. The fourth-order valence-electron chi connectivity index (χ4n) is 2.97. The first-order chi connectivity index (χ1) is 12.8. The number of nitrogens with one attached hydrogen (secondary N) is 1. The normalized spacial score (nSPS) is 15.7. The number of nitrogens with two attached hydrogens (primary N) is 1. The van der Waals surface area contributed by atoms with Crippen LogP contribution in [0.4, 0.5) is 5.00 Å². The van der Waals surface area contributed by atoms with Gasteiger partial charge in [0, 0.05) is 11.1 Å². The molecule has 2 aromatic rings. The van der Waals surface area contributed by atoms with Crippen molar-refractivity contribution < 1.29 is 19.1 Å². The quantitative estimate of drug-likeness (QED) is 0.584. The van der Waals surface area contributed by atoms with E-state index in [0.29, 0.717) is 16.5 Å². The second kappa shape index (κ2) is 8.06. The Balaban J connectivity index is 1.66. The van der Waals surface area contributed by atoms with Gasteiger partial charge < -0.3 is 15.8 Å². The highest BCUT2D eigenvalue weighted by Crippen LogP contribution is 2.39. The van der Waals surface area contributed by atoms with Crippen LogP contribution in [0, 0.1) is 5.92 Å². The van der Waals surface area contributed by atoms with Gasteiger partial charge in [-0.05, 0) is 42.9 Å². The number of primary amides is 1. The summed E-state index contributed by atoms with van der Waals surface area (Å²) in [6.07, 6.45) is 3.86. The number of pyridine rings is 1. The van der Waals surface area contributed by atoms with Crippen molar-refractivity contribution in [1.29, 1.82) is 0 Å². The van der Waals surface area contributed by atoms with E-state index in [2.05, 4.69) is 17.2 Å². The van der Waals surface area contributed by atoms with Crippen molar-refractivity contribution in [3.05, 3.63) is 45.1 Å². The predicted molar refractivity (Wildman–Crippen MR) is 102 cm³/mol. The number of halogens is 1. The largest absolute Gasteiger partial charge is 0.452 e. The monoisotopic (exact) mass is 407 g/mol. The number of aromatic nitrogens is 1. The number of carbonyl (C=O) groups is 3. The van der Waals surface area contributed by atoms with Crippen LogP contribution in [0.3, 0.4) is 0 Å². The topological polar surface area (TPSA) is 111 Å². The first kappa shape index (κ1) is 19.3. The Morgan fingerprint density at radius 1 is 1.41 bits per heavy atom. The van der Waals surface area contributed by atoms with Crippen LogP contribution in [0.2, 0.25) is 5.15 Å². The Morgan fingerprint density at radius 2 is 2.19 bits per heavy atom. The number of carbonyl (C=O) groups excluding carboxylic acids is 3. The number of thiophene rings is 1. The molecular weight excluding hydrogens is 390 g/mol. The molecule has 3 N–H and O–H groups in total. The van der Waals surface area contributed by atoms with Gasteiger partial charge in [0.05, 0.1) is 11.1 Å². The summed E-state index contributed by atoms with van der Waals surface area (Å²) in [6.45, 7) is 1.66. The van der Waals surface area contributed by atoms with Gasteiger partial charge >= 0.3 is 5.97 Å². The highest BCUT2D eigenvalue weighted by atomic mass is 35.5. The van der Waals surface area contributed by atoms with E-state index in [4.69, 9.17) is 22.1 Å². The lowest BCUT2D eigenvalue weighted by atomic mass is 9.88. The van der Waals surface area contributed by atoms with Crippen LogP contribution in [0.15, 0.2) is 18.3 Å². The fraction of sp³-hybridized carbons (Fsp3) is 0.333. The predicted octanol–water partition coefficient (Wildman–Crippen LogP) is 2.82. The zero-order valence-corrected chi connectivity index (χ0v) is 16.2. The van der Waals surface area contributed by atoms with E-state index < -0.39 is 24.4 Å². The first-order valence-electron chi connectivity index (χ1n) is 8.38. The molecule has 142 valence electrons. The van der Waals surface area contributed by atoms with Gasteiger partial charge in [-0.2, -0.15) is 0 Å². The maximum atomic E-state index is 12.2. The van der Waals surface area contributed by atoms with E-state index in [1.165, 1.54) is 29.7 Å². The van der Waals surface area contributed by atoms with Crippen molar-refractivity contribution in [2.24, 2.45) is 11.7 Å². The van der Waals surface area contributed by atoms with Crippen LogP contribution in [-0.2, 0) is 22.4 Å². The molecule has 9 heteroatoms. The van der Waals surface area contributed by atoms with Gasteiger partial charge in [-0.25, -0.2) is 9.78 Å². The van der Waals surface area contributed by atoms with Gasteiger partial charge in [0.2, 0.25) is 0 Å². The molecule has 0 saturated carbocycles. The molecule has 1 atom stereocenters. The zero-order valence-electron chi connectivity index (χ0n) is 14.6. The average Bonchev–Trinajstić information content (AvgIpc) is 2.97. The third kappa shape index (κ3) is 4.45. The molecule has 0 saturated heterocycles. The van der Waals surface area contributed by atoms with Gasteiger partial charge in [0.1, 0.15) is 10.2 Å². The maximum absolute atomic E-state index is 12.2. The van der Waals surface area contributed by atoms with E-state index in [1.807, 2.05) is 0 Å². The summed E-state index contributed by atoms with van der Waals surface area (Å²) in [6, 6.07) is 2.91. The van der Waals surface area contributed by atoms with E-state index in [9.17, 15) is 14.4 Å². The molecule has 27 heavy (non-hydrogen) atoms. The van der Waals surface area contributed by atoms with Crippen molar-refractivity contribution in [2.75, 3.05) is 11.9 Å². The molecule has 2 amide bonds. The molecule has 0 unspecified atom stereocenters. The standard InChI is InChI=1S/C18H18ClN3O4S/c1-9-2-4-11-12(6-9)27-17(15(11)16(20)24)22-14(23)8-26-18(25)10-3-5-13(19)21-7-10/h3,5,7,9H,2,4,6,8H2,1H3,(H2,20,24)(H,22,23)/t9-/m0/s1. The number of fused-ring (bicyclic) bond motifs is 1. The van der Waals surface area contributed by atoms with Crippen molar-refractivity contribution >= 4 is 45.7 Å². The SMILES string of the molecule is C[C@H]1CCc2c(sc(NC(=O)COC(=O)c3ccc(Cl)nc3)c2C(N)=O)C1. The Hall–Kier alpha value is -2.45. The molecule has 1 aliphatic carbocycles. The van der Waals surface area contributed by atoms with E-state index in [-0.39, 0.29) is 10.7 Å². The molecule has 0 aromatic carbocycles. The number of anilines is 1. The van der Waals surface area contributed by atoms with Crippen LogP contribution in [0.25, 0.3) is 0 Å². The summed E-state index contributed by atoms with van der Waals surface area (Å²) in [4.78, 5) is 40.8. The van der Waals surface area contributed by atoms with Crippen molar-refractivity contribution in [3.8, 4) is 0 Å². The second-order valence-corrected chi connectivity index (χ2v) is 7.91. The zero-order chi connectivity index (χ0) is 19.6. The van der Waals surface area contributed by atoms with Crippen molar-refractivity contribution in [2.45, 2.75) is 26.2 Å². The van der Waals surface area contributed by atoms with Crippen LogP contribution in [-0.4, -0.2) is 29.4 Å². The summed E-state index contributed by atoms with van der Waals surface area (Å²) in [5, 5.41) is 3.31. The van der Waals surface area contributed by atoms with Crippen LogP contribution in [0.1, 0.15) is 44.5 Å². The van der Waals surface area contributed by atoms with Gasteiger partial charge in [-0.15, -0.1) is 11.3 Å². The highest BCUT2D eigenvalue weighted by molar-refractivity contribution is 7.17. The Morgan fingerprint density at radius 3 is 2.85 bits per heavy atom. The summed E-state index contributed by atoms with van der Waals surface area (Å²) in [7, 11) is 0. The second-order valence-electron chi connectivity index (χ2n) is 6.41. The van der Waals surface area contributed by atoms with Crippen LogP contribution in [0.5, 0.6) is 0 Å². The van der Waals surface area contributed by atoms with E-state index in [1.54, 1.807) is 0 Å². The van der Waals surface area contributed by atoms with Crippen molar-refractivity contribution in [1.82, 2.24) is 4.98 Å². The fourth-order valence-corrected chi connectivity index (χ4v) is 4.52. The lowest BCUT2D eigenvalue weighted by molar-refractivity contribution is -0.119. The van der Waals surface area contributed by atoms with E-state index in [0.717, 1.165) is 29.7 Å². The summed E-state index contributed by atoms with van der Waals surface area (Å²) in [5.74, 6) is -1.28. The molecule has 0 radical (unpaired) electrons. The highest BCUT2D eigenvalue weighted by Gasteiger charge is 2.27. The summed E-state index contributed by atoms with van der Waals surface area (Å²) in [5.41, 5.74) is 6.99. The third-order valence-electron chi connectivity index (χ3n) is 4.31. The van der Waals surface area contributed by atoms with Gasteiger partial charge in [0.25, 0.3) is 11.8 Å². The number of nitrogens with zero attached hydrogens (tertiary/aromatic N) is 1. The van der Waals surface area contributed by atoms with E-state index >= 15 is 0 Å². The number of hydrogen-bond donors (Lipinski definition) is 2. The number of rotatable bonds is 5. The molecule has 2 aromatic heterocycles. The molecule has 2 heterocycles. The number of ether oxygens (including phenoxy) is 1. The smallest absolute Gasteiger partial charge is 0.340 e. The molecular formula is C18H18ClN3O4S. The van der Waals surface area contributed by atoms with Crippen LogP contribution >= 0.6 is 22.9 Å². The Kier molecular flexibility index (Phi) is 5.76. The Labute approximate surface area is 164 Å².